The van der Waals surface area contributed by atoms with Crippen LogP contribution in [-0.2, 0) is 11.3 Å². The van der Waals surface area contributed by atoms with E-state index in [1.54, 1.807) is 13.1 Å². The topological polar surface area (TPSA) is 92.6 Å². The van der Waals surface area contributed by atoms with E-state index in [-0.39, 0.29) is 29.9 Å². The maximum absolute atomic E-state index is 11.8. The SMILES string of the molecule is CCCNC(=O)CN1CCC(NC(=NC)NCc2cccc(C#N)c2)CC1.I. The molecule has 0 aromatic heterocycles. The van der Waals surface area contributed by atoms with Crippen LogP contribution in [0.5, 0.6) is 0 Å². The maximum atomic E-state index is 11.8. The van der Waals surface area contributed by atoms with Crippen LogP contribution >= 0.6 is 24.0 Å². The predicted octanol–water partition coefficient (Wildman–Crippen LogP) is 1.83. The Bertz CT molecular complexity index is 680. The van der Waals surface area contributed by atoms with Gasteiger partial charge in [-0.1, -0.05) is 19.1 Å². The van der Waals surface area contributed by atoms with Crippen molar-refractivity contribution >= 4 is 35.8 Å². The second-order valence-electron chi connectivity index (χ2n) is 6.78. The van der Waals surface area contributed by atoms with Crippen molar-refractivity contribution in [3.05, 3.63) is 35.4 Å². The third kappa shape index (κ3) is 8.44. The van der Waals surface area contributed by atoms with Crippen molar-refractivity contribution in [1.82, 2.24) is 20.9 Å². The average Bonchev–Trinajstić information content (AvgIpc) is 2.71. The van der Waals surface area contributed by atoms with E-state index in [4.69, 9.17) is 5.26 Å². The molecule has 1 aliphatic rings. The molecule has 1 fully saturated rings. The standard InChI is InChI=1S/C20H30N6O.HI/c1-3-9-23-19(27)15-26-10-7-18(8-11-26)25-20(22-2)24-14-17-6-4-5-16(12-17)13-21;/h4-6,12,18H,3,7-11,14-15H2,1-2H3,(H,23,27)(H2,22,24,25);1H. The van der Waals surface area contributed by atoms with Crippen LogP contribution in [0.2, 0.25) is 0 Å². The Morgan fingerprint density at radius 1 is 1.32 bits per heavy atom. The monoisotopic (exact) mass is 498 g/mol. The van der Waals surface area contributed by atoms with Gasteiger partial charge in [-0.05, 0) is 37.0 Å². The summed E-state index contributed by atoms with van der Waals surface area (Å²) >= 11 is 0. The number of nitriles is 1. The lowest BCUT2D eigenvalue weighted by Crippen LogP contribution is -2.50. The van der Waals surface area contributed by atoms with Crippen LogP contribution in [0.25, 0.3) is 0 Å². The smallest absolute Gasteiger partial charge is 0.234 e. The first-order valence-electron chi connectivity index (χ1n) is 9.60. The molecule has 7 nitrogen and oxygen atoms in total. The van der Waals surface area contributed by atoms with Gasteiger partial charge < -0.3 is 16.0 Å². The van der Waals surface area contributed by atoms with E-state index in [9.17, 15) is 4.79 Å². The molecule has 0 bridgehead atoms. The van der Waals surface area contributed by atoms with Crippen LogP contribution in [0.1, 0.15) is 37.3 Å². The molecule has 0 unspecified atom stereocenters. The number of guanidine groups is 1. The van der Waals surface area contributed by atoms with Crippen LogP contribution < -0.4 is 16.0 Å². The molecule has 0 radical (unpaired) electrons. The van der Waals surface area contributed by atoms with Gasteiger partial charge in [-0.15, -0.1) is 24.0 Å². The second-order valence-corrected chi connectivity index (χ2v) is 6.78. The first-order chi connectivity index (χ1) is 13.1. The average molecular weight is 498 g/mol. The summed E-state index contributed by atoms with van der Waals surface area (Å²) in [6.07, 6.45) is 2.92. The van der Waals surface area contributed by atoms with Crippen LogP contribution in [0.3, 0.4) is 0 Å². The molecule has 0 aliphatic carbocycles. The number of halogens is 1. The summed E-state index contributed by atoms with van der Waals surface area (Å²) in [4.78, 5) is 18.3. The molecule has 1 heterocycles. The Labute approximate surface area is 185 Å². The fourth-order valence-electron chi connectivity index (χ4n) is 3.08. The molecule has 0 spiro atoms. The Kier molecular flexibility index (Phi) is 11.5. The molecular weight excluding hydrogens is 467 g/mol. The number of likely N-dealkylation sites (tertiary alicyclic amines) is 1. The minimum absolute atomic E-state index is 0. The zero-order chi connectivity index (χ0) is 19.5. The largest absolute Gasteiger partial charge is 0.355 e. The fraction of sp³-hybridized carbons (Fsp3) is 0.550. The lowest BCUT2D eigenvalue weighted by atomic mass is 10.1. The highest BCUT2D eigenvalue weighted by Gasteiger charge is 2.21. The molecule has 1 amide bonds. The normalized spacial score (nSPS) is 15.2. The molecule has 1 aliphatic heterocycles. The number of nitrogens with zero attached hydrogens (tertiary/aromatic N) is 3. The molecule has 154 valence electrons. The van der Waals surface area contributed by atoms with E-state index >= 15 is 0 Å². The number of carbonyl (C=O) groups excluding carboxylic acids is 1. The summed E-state index contributed by atoms with van der Waals surface area (Å²) in [7, 11) is 1.76. The summed E-state index contributed by atoms with van der Waals surface area (Å²) in [6, 6.07) is 10.1. The second kappa shape index (κ2) is 13.3. The summed E-state index contributed by atoms with van der Waals surface area (Å²) < 4.78 is 0. The Balaban J connectivity index is 0.00000392. The van der Waals surface area contributed by atoms with E-state index in [1.165, 1.54) is 0 Å². The number of amides is 1. The van der Waals surface area contributed by atoms with Gasteiger partial charge in [0, 0.05) is 39.3 Å². The zero-order valence-corrected chi connectivity index (χ0v) is 19.0. The fourth-order valence-corrected chi connectivity index (χ4v) is 3.08. The first kappa shape index (κ1) is 24.2. The van der Waals surface area contributed by atoms with Crippen molar-refractivity contribution in [1.29, 1.82) is 5.26 Å². The Morgan fingerprint density at radius 3 is 2.71 bits per heavy atom. The number of carbonyl (C=O) groups is 1. The van der Waals surface area contributed by atoms with Crippen molar-refractivity contribution in [2.24, 2.45) is 4.99 Å². The minimum atomic E-state index is 0. The lowest BCUT2D eigenvalue weighted by Gasteiger charge is -2.32. The third-order valence-corrected chi connectivity index (χ3v) is 4.61. The summed E-state index contributed by atoms with van der Waals surface area (Å²) in [5, 5.41) is 18.7. The van der Waals surface area contributed by atoms with Crippen LogP contribution in [0.4, 0.5) is 0 Å². The van der Waals surface area contributed by atoms with Crippen molar-refractivity contribution in [2.75, 3.05) is 33.2 Å². The number of hydrogen-bond acceptors (Lipinski definition) is 4. The number of nitrogens with one attached hydrogen (secondary N) is 3. The van der Waals surface area contributed by atoms with Gasteiger partial charge in [-0.25, -0.2) is 0 Å². The molecule has 0 saturated carbocycles. The van der Waals surface area contributed by atoms with Gasteiger partial charge in [0.1, 0.15) is 0 Å². The van der Waals surface area contributed by atoms with Crippen molar-refractivity contribution < 1.29 is 4.79 Å². The Morgan fingerprint density at radius 2 is 2.07 bits per heavy atom. The van der Waals surface area contributed by atoms with E-state index in [1.807, 2.05) is 18.2 Å². The summed E-state index contributed by atoms with van der Waals surface area (Å²) in [5.74, 6) is 0.872. The van der Waals surface area contributed by atoms with Gasteiger partial charge in [-0.3, -0.25) is 14.7 Å². The van der Waals surface area contributed by atoms with Gasteiger partial charge in [0.2, 0.25) is 5.91 Å². The molecule has 1 saturated heterocycles. The van der Waals surface area contributed by atoms with Gasteiger partial charge >= 0.3 is 0 Å². The quantitative estimate of drug-likeness (QED) is 0.303. The van der Waals surface area contributed by atoms with E-state index < -0.39 is 0 Å². The molecule has 2 rings (SSSR count). The van der Waals surface area contributed by atoms with E-state index in [0.717, 1.165) is 50.4 Å². The number of hydrogen-bond donors (Lipinski definition) is 3. The van der Waals surface area contributed by atoms with Gasteiger partial charge in [-0.2, -0.15) is 5.26 Å². The number of piperidine rings is 1. The van der Waals surface area contributed by atoms with Crippen molar-refractivity contribution in [3.8, 4) is 6.07 Å². The van der Waals surface area contributed by atoms with E-state index in [0.29, 0.717) is 24.7 Å². The highest BCUT2D eigenvalue weighted by molar-refractivity contribution is 14.0. The lowest BCUT2D eigenvalue weighted by molar-refractivity contribution is -0.122. The number of aliphatic imine (C=N–C) groups is 1. The van der Waals surface area contributed by atoms with Crippen LogP contribution in [-0.4, -0.2) is 56.0 Å². The maximum Gasteiger partial charge on any atom is 0.234 e. The predicted molar refractivity (Wildman–Crippen MR) is 123 cm³/mol. The van der Waals surface area contributed by atoms with Crippen LogP contribution in [0.15, 0.2) is 29.3 Å². The van der Waals surface area contributed by atoms with Crippen molar-refractivity contribution in [2.45, 2.75) is 38.8 Å². The molecule has 3 N–H and O–H groups in total. The molecular formula is C20H31IN6O. The third-order valence-electron chi connectivity index (χ3n) is 4.61. The Hall–Kier alpha value is -1.86. The molecule has 1 aromatic rings. The van der Waals surface area contributed by atoms with Crippen molar-refractivity contribution in [3.63, 3.8) is 0 Å². The van der Waals surface area contributed by atoms with Gasteiger partial charge in [0.15, 0.2) is 5.96 Å². The number of benzene rings is 1. The molecule has 1 aromatic carbocycles. The highest BCUT2D eigenvalue weighted by Crippen LogP contribution is 2.10. The van der Waals surface area contributed by atoms with Crippen LogP contribution in [0, 0.1) is 11.3 Å². The van der Waals surface area contributed by atoms with E-state index in [2.05, 4.69) is 38.8 Å². The minimum Gasteiger partial charge on any atom is -0.355 e. The first-order valence-corrected chi connectivity index (χ1v) is 9.60. The molecule has 8 heteroatoms. The summed E-state index contributed by atoms with van der Waals surface area (Å²) in [5.41, 5.74) is 1.71. The zero-order valence-electron chi connectivity index (χ0n) is 16.7. The molecule has 0 atom stereocenters. The van der Waals surface area contributed by atoms with Gasteiger partial charge in [0.05, 0.1) is 18.2 Å². The molecule has 28 heavy (non-hydrogen) atoms. The highest BCUT2D eigenvalue weighted by atomic mass is 127. The van der Waals surface area contributed by atoms with Gasteiger partial charge in [0.25, 0.3) is 0 Å². The number of rotatable bonds is 7. The summed E-state index contributed by atoms with van der Waals surface area (Å²) in [6.45, 7) is 5.70.